The summed E-state index contributed by atoms with van der Waals surface area (Å²) in [5.41, 5.74) is 1.32. The van der Waals surface area contributed by atoms with E-state index in [0.717, 1.165) is 5.56 Å². The van der Waals surface area contributed by atoms with Crippen molar-refractivity contribution < 1.29 is 9.53 Å². The van der Waals surface area contributed by atoms with Crippen molar-refractivity contribution in [3.8, 4) is 0 Å². The van der Waals surface area contributed by atoms with Gasteiger partial charge in [0, 0.05) is 12.4 Å². The number of ether oxygens (including phenoxy) is 1. The Morgan fingerprint density at radius 1 is 1.50 bits per heavy atom. The van der Waals surface area contributed by atoms with E-state index in [0.29, 0.717) is 10.7 Å². The van der Waals surface area contributed by atoms with E-state index in [1.807, 2.05) is 0 Å². The summed E-state index contributed by atoms with van der Waals surface area (Å²) < 4.78 is 4.44. The lowest BCUT2D eigenvalue weighted by molar-refractivity contribution is 0.187. The van der Waals surface area contributed by atoms with E-state index < -0.39 is 6.09 Å². The topological polar surface area (TPSA) is 51.2 Å². The summed E-state index contributed by atoms with van der Waals surface area (Å²) in [5, 5.41) is 2.89. The highest BCUT2D eigenvalue weighted by atomic mass is 35.5. The average Bonchev–Trinajstić information content (AvgIpc) is 2.24. The van der Waals surface area contributed by atoms with Gasteiger partial charge in [0.2, 0.25) is 0 Å². The Labute approximate surface area is 101 Å². The molecule has 0 atom stereocenters. The van der Waals surface area contributed by atoms with Gasteiger partial charge in [-0.05, 0) is 12.5 Å². The molecule has 0 aliphatic carbocycles. The monoisotopic (exact) mass is 244 g/mol. The number of nitrogens with one attached hydrogen (secondary N) is 1. The number of methoxy groups -OCH3 is 1. The fourth-order valence-corrected chi connectivity index (χ4v) is 1.10. The number of halogens is 1. The minimum absolute atomic E-state index is 0.394. The first kappa shape index (κ1) is 14.7. The first-order chi connectivity index (χ1) is 7.56. The normalized spacial score (nSPS) is 8.81. The van der Waals surface area contributed by atoms with Gasteiger partial charge in [-0.15, -0.1) is 0 Å². The van der Waals surface area contributed by atoms with Gasteiger partial charge >= 0.3 is 6.09 Å². The molecule has 0 radical (unpaired) electrons. The third-order valence-electron chi connectivity index (χ3n) is 1.50. The molecular formula is C11H17ClN2O2. The summed E-state index contributed by atoms with van der Waals surface area (Å²) in [6.07, 6.45) is 3.77. The van der Waals surface area contributed by atoms with Gasteiger partial charge in [0.05, 0.1) is 17.8 Å². The summed E-state index contributed by atoms with van der Waals surface area (Å²) in [4.78, 5) is 14.7. The number of hydrogen-bond acceptors (Lipinski definition) is 3. The van der Waals surface area contributed by atoms with E-state index in [9.17, 15) is 4.79 Å². The highest BCUT2D eigenvalue weighted by molar-refractivity contribution is 6.33. The molecule has 0 unspecified atom stereocenters. The molecule has 0 aliphatic heterocycles. The van der Waals surface area contributed by atoms with Gasteiger partial charge in [-0.2, -0.15) is 0 Å². The molecule has 1 aromatic heterocycles. The van der Waals surface area contributed by atoms with Crippen LogP contribution < -0.4 is 5.32 Å². The standard InChI is InChI=1S/C8H9ClN2O2.C3H8/c1-5-3-10-4-6(9)7(5)11-8(12)13-2;1-3-2/h3-4H,1-2H3,(H,10,11,12);3H2,1-2H3. The predicted octanol–water partition coefficient (Wildman–Crippen LogP) is 3.64. The third-order valence-corrected chi connectivity index (χ3v) is 1.79. The number of amides is 1. The lowest BCUT2D eigenvalue weighted by Gasteiger charge is -2.07. The molecule has 90 valence electrons. The molecular weight excluding hydrogens is 228 g/mol. The minimum Gasteiger partial charge on any atom is -0.453 e. The van der Waals surface area contributed by atoms with Gasteiger partial charge in [-0.25, -0.2) is 4.79 Å². The Bertz CT molecular complexity index is 323. The van der Waals surface area contributed by atoms with E-state index in [1.54, 1.807) is 13.1 Å². The maximum atomic E-state index is 10.9. The molecule has 16 heavy (non-hydrogen) atoms. The van der Waals surface area contributed by atoms with Crippen molar-refractivity contribution in [2.24, 2.45) is 0 Å². The molecule has 0 spiro atoms. The molecule has 0 fully saturated rings. The van der Waals surface area contributed by atoms with Gasteiger partial charge in [-0.1, -0.05) is 31.9 Å². The highest BCUT2D eigenvalue weighted by Gasteiger charge is 2.07. The summed E-state index contributed by atoms with van der Waals surface area (Å²) >= 11 is 5.80. The second-order valence-corrected chi connectivity index (χ2v) is 3.54. The summed E-state index contributed by atoms with van der Waals surface area (Å²) in [6.45, 7) is 6.05. The second-order valence-electron chi connectivity index (χ2n) is 3.14. The van der Waals surface area contributed by atoms with E-state index in [2.05, 4.69) is 28.9 Å². The molecule has 1 amide bonds. The molecule has 0 saturated heterocycles. The highest BCUT2D eigenvalue weighted by Crippen LogP contribution is 2.23. The molecule has 5 heteroatoms. The molecule has 1 rings (SSSR count). The van der Waals surface area contributed by atoms with Crippen molar-refractivity contribution in [2.45, 2.75) is 27.2 Å². The van der Waals surface area contributed by atoms with Crippen LogP contribution in [0.2, 0.25) is 5.02 Å². The number of carbonyl (C=O) groups excluding carboxylic acids is 1. The Hall–Kier alpha value is -1.29. The number of nitrogens with zero attached hydrogens (tertiary/aromatic N) is 1. The van der Waals surface area contributed by atoms with Crippen molar-refractivity contribution >= 4 is 23.4 Å². The molecule has 0 saturated carbocycles. The quantitative estimate of drug-likeness (QED) is 0.821. The molecule has 0 aliphatic rings. The van der Waals surface area contributed by atoms with Crippen LogP contribution in [-0.2, 0) is 4.74 Å². The Morgan fingerprint density at radius 3 is 2.50 bits per heavy atom. The molecule has 0 aromatic carbocycles. The van der Waals surface area contributed by atoms with Gasteiger partial charge in [0.1, 0.15) is 0 Å². The van der Waals surface area contributed by atoms with Crippen LogP contribution in [-0.4, -0.2) is 18.2 Å². The van der Waals surface area contributed by atoms with Crippen molar-refractivity contribution in [3.63, 3.8) is 0 Å². The molecule has 1 N–H and O–H groups in total. The van der Waals surface area contributed by atoms with Crippen LogP contribution in [0.5, 0.6) is 0 Å². The number of aromatic nitrogens is 1. The summed E-state index contributed by atoms with van der Waals surface area (Å²) in [7, 11) is 1.29. The molecule has 4 nitrogen and oxygen atoms in total. The van der Waals surface area contributed by atoms with E-state index >= 15 is 0 Å². The smallest absolute Gasteiger partial charge is 0.411 e. The summed E-state index contributed by atoms with van der Waals surface area (Å²) in [5.74, 6) is 0. The second kappa shape index (κ2) is 7.93. The molecule has 1 heterocycles. The van der Waals surface area contributed by atoms with Crippen LogP contribution in [0.4, 0.5) is 10.5 Å². The van der Waals surface area contributed by atoms with Gasteiger partial charge in [0.15, 0.2) is 0 Å². The predicted molar refractivity (Wildman–Crippen MR) is 66.0 cm³/mol. The first-order valence-corrected chi connectivity index (χ1v) is 5.39. The van der Waals surface area contributed by atoms with Gasteiger partial charge < -0.3 is 4.74 Å². The van der Waals surface area contributed by atoms with Crippen LogP contribution in [0.3, 0.4) is 0 Å². The van der Waals surface area contributed by atoms with Crippen LogP contribution in [0.25, 0.3) is 0 Å². The van der Waals surface area contributed by atoms with Crippen molar-refractivity contribution in [1.29, 1.82) is 0 Å². The fraction of sp³-hybridized carbons (Fsp3) is 0.455. The zero-order chi connectivity index (χ0) is 12.6. The zero-order valence-corrected chi connectivity index (χ0v) is 10.8. The Kier molecular flexibility index (Phi) is 7.29. The average molecular weight is 245 g/mol. The van der Waals surface area contributed by atoms with Crippen LogP contribution >= 0.6 is 11.6 Å². The van der Waals surface area contributed by atoms with Crippen LogP contribution in [0, 0.1) is 6.92 Å². The van der Waals surface area contributed by atoms with Gasteiger partial charge in [0.25, 0.3) is 0 Å². The van der Waals surface area contributed by atoms with Crippen LogP contribution in [0.15, 0.2) is 12.4 Å². The van der Waals surface area contributed by atoms with Crippen LogP contribution in [0.1, 0.15) is 25.8 Å². The maximum absolute atomic E-state index is 10.9. The number of carbonyl (C=O) groups is 1. The van der Waals surface area contributed by atoms with Crippen molar-refractivity contribution in [3.05, 3.63) is 23.0 Å². The number of rotatable bonds is 1. The number of anilines is 1. The zero-order valence-electron chi connectivity index (χ0n) is 10.0. The molecule has 1 aromatic rings. The largest absolute Gasteiger partial charge is 0.453 e. The van der Waals surface area contributed by atoms with E-state index in [1.165, 1.54) is 19.7 Å². The Morgan fingerprint density at radius 2 is 2.06 bits per heavy atom. The Balaban J connectivity index is 0.000000673. The minimum atomic E-state index is -0.545. The van der Waals surface area contributed by atoms with E-state index in [4.69, 9.17) is 11.6 Å². The lowest BCUT2D eigenvalue weighted by Crippen LogP contribution is -2.12. The lowest BCUT2D eigenvalue weighted by atomic mass is 10.2. The SMILES string of the molecule is CCC.COC(=O)Nc1c(C)cncc1Cl. The number of pyridine rings is 1. The third kappa shape index (κ3) is 4.98. The van der Waals surface area contributed by atoms with E-state index in [-0.39, 0.29) is 0 Å². The first-order valence-electron chi connectivity index (χ1n) is 5.01. The van der Waals surface area contributed by atoms with Crippen molar-refractivity contribution in [2.75, 3.05) is 12.4 Å². The summed E-state index contributed by atoms with van der Waals surface area (Å²) in [6, 6.07) is 0. The molecule has 0 bridgehead atoms. The number of hydrogen-bond donors (Lipinski definition) is 1. The van der Waals surface area contributed by atoms with Crippen molar-refractivity contribution in [1.82, 2.24) is 4.98 Å². The maximum Gasteiger partial charge on any atom is 0.411 e. The van der Waals surface area contributed by atoms with Gasteiger partial charge in [-0.3, -0.25) is 10.3 Å². The number of aryl methyl sites for hydroxylation is 1. The fourth-order valence-electron chi connectivity index (χ4n) is 0.843.